The predicted molar refractivity (Wildman–Crippen MR) is 62.1 cm³/mol. The Bertz CT molecular complexity index is 334. The summed E-state index contributed by atoms with van der Waals surface area (Å²) in [6.45, 7) is 5.49. The first-order chi connectivity index (χ1) is 7.08. The first kappa shape index (κ1) is 10.5. The summed E-state index contributed by atoms with van der Waals surface area (Å²) in [6.07, 6.45) is 3.13. The Kier molecular flexibility index (Phi) is 2.69. The van der Waals surface area contributed by atoms with Crippen LogP contribution in [0.2, 0.25) is 0 Å². The molecule has 0 bridgehead atoms. The highest BCUT2D eigenvalue weighted by molar-refractivity contribution is 5.46. The standard InChI is InChI=1S/C11H20N4/c1-8-5-10(7-14(8)3)13-11-6-12-15(4)9(11)2/h6,8,10,13H,5,7H2,1-4H3. The van der Waals surface area contributed by atoms with Crippen LogP contribution in [0.25, 0.3) is 0 Å². The minimum Gasteiger partial charge on any atom is -0.378 e. The SMILES string of the molecule is Cc1c(NC2CC(C)N(C)C2)cnn1C. The second-order valence-corrected chi connectivity index (χ2v) is 4.63. The van der Waals surface area contributed by atoms with Crippen molar-refractivity contribution in [3.05, 3.63) is 11.9 Å². The summed E-state index contributed by atoms with van der Waals surface area (Å²) in [5, 5.41) is 7.80. The first-order valence-electron chi connectivity index (χ1n) is 5.53. The van der Waals surface area contributed by atoms with Gasteiger partial charge in [0.2, 0.25) is 0 Å². The number of likely N-dealkylation sites (tertiary alicyclic amines) is 1. The maximum Gasteiger partial charge on any atom is 0.0758 e. The Hall–Kier alpha value is -1.03. The maximum atomic E-state index is 4.24. The van der Waals surface area contributed by atoms with Crippen LogP contribution in [0.3, 0.4) is 0 Å². The molecule has 15 heavy (non-hydrogen) atoms. The van der Waals surface area contributed by atoms with E-state index in [2.05, 4.69) is 36.2 Å². The van der Waals surface area contributed by atoms with Crippen molar-refractivity contribution >= 4 is 5.69 Å². The van der Waals surface area contributed by atoms with Crippen LogP contribution in [0.5, 0.6) is 0 Å². The van der Waals surface area contributed by atoms with Gasteiger partial charge in [-0.15, -0.1) is 0 Å². The van der Waals surface area contributed by atoms with Crippen LogP contribution >= 0.6 is 0 Å². The summed E-state index contributed by atoms with van der Waals surface area (Å²) in [4.78, 5) is 2.39. The number of aryl methyl sites for hydroxylation is 1. The van der Waals surface area contributed by atoms with E-state index in [1.165, 1.54) is 17.8 Å². The van der Waals surface area contributed by atoms with Gasteiger partial charge in [-0.3, -0.25) is 4.68 Å². The lowest BCUT2D eigenvalue weighted by molar-refractivity contribution is 0.330. The van der Waals surface area contributed by atoms with Gasteiger partial charge in [0.25, 0.3) is 0 Å². The van der Waals surface area contributed by atoms with Gasteiger partial charge in [-0.05, 0) is 27.3 Å². The molecule has 2 heterocycles. The van der Waals surface area contributed by atoms with Gasteiger partial charge < -0.3 is 10.2 Å². The molecule has 2 atom stereocenters. The van der Waals surface area contributed by atoms with Crippen molar-refractivity contribution in [2.45, 2.75) is 32.4 Å². The summed E-state index contributed by atoms with van der Waals surface area (Å²) < 4.78 is 1.91. The lowest BCUT2D eigenvalue weighted by atomic mass is 10.2. The highest BCUT2D eigenvalue weighted by Crippen LogP contribution is 2.21. The number of rotatable bonds is 2. The van der Waals surface area contributed by atoms with E-state index >= 15 is 0 Å². The van der Waals surface area contributed by atoms with E-state index in [1.54, 1.807) is 0 Å². The molecule has 1 N–H and O–H groups in total. The van der Waals surface area contributed by atoms with Crippen LogP contribution in [-0.4, -0.2) is 40.4 Å². The van der Waals surface area contributed by atoms with Crippen LogP contribution in [0.4, 0.5) is 5.69 Å². The Morgan fingerprint density at radius 3 is 2.67 bits per heavy atom. The molecule has 1 aliphatic rings. The molecule has 4 nitrogen and oxygen atoms in total. The molecule has 0 spiro atoms. The third kappa shape index (κ3) is 2.00. The van der Waals surface area contributed by atoms with Crippen LogP contribution < -0.4 is 5.32 Å². The lowest BCUT2D eigenvalue weighted by Gasteiger charge is -2.13. The van der Waals surface area contributed by atoms with Crippen molar-refractivity contribution in [3.8, 4) is 0 Å². The Balaban J connectivity index is 2.01. The molecule has 0 radical (unpaired) electrons. The topological polar surface area (TPSA) is 33.1 Å². The maximum absolute atomic E-state index is 4.24. The van der Waals surface area contributed by atoms with Gasteiger partial charge in [-0.1, -0.05) is 0 Å². The van der Waals surface area contributed by atoms with E-state index in [0.29, 0.717) is 12.1 Å². The monoisotopic (exact) mass is 208 g/mol. The highest BCUT2D eigenvalue weighted by atomic mass is 15.3. The van der Waals surface area contributed by atoms with Crippen molar-refractivity contribution in [2.24, 2.45) is 7.05 Å². The molecule has 0 amide bonds. The number of anilines is 1. The van der Waals surface area contributed by atoms with Crippen molar-refractivity contribution < 1.29 is 0 Å². The van der Waals surface area contributed by atoms with Gasteiger partial charge >= 0.3 is 0 Å². The zero-order valence-corrected chi connectivity index (χ0v) is 9.99. The van der Waals surface area contributed by atoms with Gasteiger partial charge in [0.05, 0.1) is 17.6 Å². The van der Waals surface area contributed by atoms with Crippen LogP contribution in [0, 0.1) is 6.92 Å². The molecular formula is C11H20N4. The van der Waals surface area contributed by atoms with Gasteiger partial charge in [0.1, 0.15) is 0 Å². The molecule has 0 saturated carbocycles. The summed E-state index contributed by atoms with van der Waals surface area (Å²) in [6, 6.07) is 1.24. The average molecular weight is 208 g/mol. The number of aromatic nitrogens is 2. The number of nitrogens with one attached hydrogen (secondary N) is 1. The summed E-state index contributed by atoms with van der Waals surface area (Å²) in [7, 11) is 4.16. The van der Waals surface area contributed by atoms with E-state index in [4.69, 9.17) is 0 Å². The fourth-order valence-corrected chi connectivity index (χ4v) is 2.16. The molecular weight excluding hydrogens is 188 g/mol. The number of nitrogens with zero attached hydrogens (tertiary/aromatic N) is 3. The largest absolute Gasteiger partial charge is 0.378 e. The van der Waals surface area contributed by atoms with Crippen LogP contribution in [-0.2, 0) is 7.05 Å². The molecule has 1 fully saturated rings. The fraction of sp³-hybridized carbons (Fsp3) is 0.727. The molecule has 2 rings (SSSR count). The zero-order chi connectivity index (χ0) is 11.0. The van der Waals surface area contributed by atoms with Crippen LogP contribution in [0.15, 0.2) is 6.20 Å². The molecule has 1 aliphatic heterocycles. The molecule has 2 unspecified atom stereocenters. The van der Waals surface area contributed by atoms with Crippen molar-refractivity contribution in [3.63, 3.8) is 0 Å². The third-order valence-corrected chi connectivity index (χ3v) is 3.48. The minimum atomic E-state index is 0.563. The predicted octanol–water partition coefficient (Wildman–Crippen LogP) is 1.23. The van der Waals surface area contributed by atoms with Crippen molar-refractivity contribution in [1.29, 1.82) is 0 Å². The van der Waals surface area contributed by atoms with Crippen LogP contribution in [0.1, 0.15) is 19.0 Å². The summed E-state index contributed by atoms with van der Waals surface area (Å²) in [5.41, 5.74) is 2.38. The quantitative estimate of drug-likeness (QED) is 0.793. The Labute approximate surface area is 91.3 Å². The molecule has 84 valence electrons. The van der Waals surface area contributed by atoms with Crippen molar-refractivity contribution in [1.82, 2.24) is 14.7 Å². The normalized spacial score (nSPS) is 27.2. The van der Waals surface area contributed by atoms with Gasteiger partial charge in [-0.25, -0.2) is 0 Å². The number of likely N-dealkylation sites (N-methyl/N-ethyl adjacent to an activating group) is 1. The van der Waals surface area contributed by atoms with Gasteiger partial charge in [-0.2, -0.15) is 5.10 Å². The minimum absolute atomic E-state index is 0.563. The summed E-state index contributed by atoms with van der Waals surface area (Å²) >= 11 is 0. The first-order valence-corrected chi connectivity index (χ1v) is 5.53. The van der Waals surface area contributed by atoms with E-state index in [9.17, 15) is 0 Å². The average Bonchev–Trinajstić information content (AvgIpc) is 2.65. The Morgan fingerprint density at radius 1 is 1.47 bits per heavy atom. The van der Waals surface area contributed by atoms with Crippen molar-refractivity contribution in [2.75, 3.05) is 18.9 Å². The van der Waals surface area contributed by atoms with E-state index in [-0.39, 0.29) is 0 Å². The van der Waals surface area contributed by atoms with E-state index in [0.717, 1.165) is 6.54 Å². The smallest absolute Gasteiger partial charge is 0.0758 e. The Morgan fingerprint density at radius 2 is 2.20 bits per heavy atom. The number of hydrogen-bond donors (Lipinski definition) is 1. The molecule has 0 aromatic carbocycles. The van der Waals surface area contributed by atoms with E-state index < -0.39 is 0 Å². The zero-order valence-electron chi connectivity index (χ0n) is 9.99. The lowest BCUT2D eigenvalue weighted by Crippen LogP contribution is -2.25. The summed E-state index contributed by atoms with van der Waals surface area (Å²) in [5.74, 6) is 0. The second-order valence-electron chi connectivity index (χ2n) is 4.63. The fourth-order valence-electron chi connectivity index (χ4n) is 2.16. The second kappa shape index (κ2) is 3.85. The molecule has 1 aromatic rings. The van der Waals surface area contributed by atoms with Gasteiger partial charge in [0, 0.05) is 25.7 Å². The molecule has 1 aromatic heterocycles. The highest BCUT2D eigenvalue weighted by Gasteiger charge is 2.26. The third-order valence-electron chi connectivity index (χ3n) is 3.48. The molecule has 4 heteroatoms. The molecule has 1 saturated heterocycles. The number of hydrogen-bond acceptors (Lipinski definition) is 3. The van der Waals surface area contributed by atoms with Gasteiger partial charge in [0.15, 0.2) is 0 Å². The molecule has 0 aliphatic carbocycles. The van der Waals surface area contributed by atoms with E-state index in [1.807, 2.05) is 17.9 Å².